The SMILES string of the molecule is CC(C)(C)c1ccc2c(c1)c1ccccc1n2-c1ccc(C#N)cc1-c1cc(-c2ccc(C(F)(F)F)cc2C(F)(F)F)ccc1-n1c2ccccc2c2cc(C(C)(C)C)ccc21. The minimum Gasteiger partial charge on any atom is -0.309 e. The van der Waals surface area contributed by atoms with Crippen LogP contribution >= 0.6 is 0 Å². The highest BCUT2D eigenvalue weighted by Crippen LogP contribution is 2.46. The van der Waals surface area contributed by atoms with Crippen LogP contribution < -0.4 is 0 Å². The zero-order valence-corrected chi connectivity index (χ0v) is 34.9. The summed E-state index contributed by atoms with van der Waals surface area (Å²) in [6.07, 6.45) is -10.1. The van der Waals surface area contributed by atoms with E-state index in [1.807, 2.05) is 48.5 Å². The molecule has 0 N–H and O–H groups in total. The van der Waals surface area contributed by atoms with Gasteiger partial charge in [0.05, 0.1) is 56.2 Å². The van der Waals surface area contributed by atoms with Crippen LogP contribution in [0.3, 0.4) is 0 Å². The number of rotatable bonds is 4. The second-order valence-corrected chi connectivity index (χ2v) is 18.0. The van der Waals surface area contributed by atoms with Crippen molar-refractivity contribution in [3.05, 3.63) is 167 Å². The quantitative estimate of drug-likeness (QED) is 0.163. The van der Waals surface area contributed by atoms with Crippen LogP contribution in [0.2, 0.25) is 0 Å². The lowest BCUT2D eigenvalue weighted by Crippen LogP contribution is -2.12. The van der Waals surface area contributed by atoms with Crippen molar-refractivity contribution in [3.8, 4) is 39.7 Å². The average Bonchev–Trinajstić information content (AvgIpc) is 3.74. The molecule has 0 bridgehead atoms. The third kappa shape index (κ3) is 6.78. The Bertz CT molecular complexity index is 3300. The Labute approximate surface area is 355 Å². The largest absolute Gasteiger partial charge is 0.417 e. The van der Waals surface area contributed by atoms with Crippen LogP contribution in [0.25, 0.3) is 77.2 Å². The summed E-state index contributed by atoms with van der Waals surface area (Å²) in [6, 6.07) is 42.8. The maximum absolute atomic E-state index is 14.8. The number of benzene rings is 7. The van der Waals surface area contributed by atoms with Crippen molar-refractivity contribution in [1.82, 2.24) is 9.13 Å². The van der Waals surface area contributed by atoms with Gasteiger partial charge >= 0.3 is 12.4 Å². The predicted octanol–water partition coefficient (Wildman–Crippen LogP) is 15.7. The first-order valence-corrected chi connectivity index (χ1v) is 20.3. The predicted molar refractivity (Wildman–Crippen MR) is 238 cm³/mol. The molecule has 9 rings (SSSR count). The molecule has 0 aliphatic rings. The smallest absolute Gasteiger partial charge is 0.309 e. The summed E-state index contributed by atoms with van der Waals surface area (Å²) in [5.41, 5.74) is 4.89. The summed E-state index contributed by atoms with van der Waals surface area (Å²) < 4.78 is 90.3. The fourth-order valence-electron chi connectivity index (χ4n) is 8.74. The van der Waals surface area contributed by atoms with Crippen LogP contribution in [0.15, 0.2) is 140 Å². The molecule has 0 aliphatic carbocycles. The Kier molecular flexibility index (Phi) is 9.26. The summed E-state index contributed by atoms with van der Waals surface area (Å²) in [5, 5.41) is 14.3. The number of nitriles is 1. The van der Waals surface area contributed by atoms with E-state index in [1.165, 1.54) is 6.07 Å². The monoisotopic (exact) mass is 833 g/mol. The lowest BCUT2D eigenvalue weighted by atomic mass is 9.86. The molecule has 0 radical (unpaired) electrons. The molecule has 7 aromatic carbocycles. The van der Waals surface area contributed by atoms with Crippen LogP contribution in [0, 0.1) is 11.3 Å². The van der Waals surface area contributed by atoms with Gasteiger partial charge in [-0.15, -0.1) is 0 Å². The second kappa shape index (κ2) is 14.1. The zero-order valence-electron chi connectivity index (χ0n) is 34.9. The van der Waals surface area contributed by atoms with Gasteiger partial charge in [-0.05, 0) is 112 Å². The van der Waals surface area contributed by atoms with Gasteiger partial charge in [-0.2, -0.15) is 31.6 Å². The molecule has 9 aromatic rings. The number of alkyl halides is 6. The zero-order chi connectivity index (χ0) is 44.1. The Balaban J connectivity index is 1.42. The summed E-state index contributed by atoms with van der Waals surface area (Å²) >= 11 is 0. The Morgan fingerprint density at radius 2 is 0.887 bits per heavy atom. The highest BCUT2D eigenvalue weighted by Gasteiger charge is 2.38. The van der Waals surface area contributed by atoms with E-state index < -0.39 is 29.0 Å². The average molecular weight is 834 g/mol. The van der Waals surface area contributed by atoms with Crippen molar-refractivity contribution in [2.24, 2.45) is 0 Å². The molecule has 0 amide bonds. The first-order valence-electron chi connectivity index (χ1n) is 20.3. The van der Waals surface area contributed by atoms with Crippen molar-refractivity contribution >= 4 is 43.6 Å². The number of hydrogen-bond acceptors (Lipinski definition) is 1. The molecule has 0 spiro atoms. The van der Waals surface area contributed by atoms with Crippen LogP contribution in [0.4, 0.5) is 26.3 Å². The van der Waals surface area contributed by atoms with E-state index in [2.05, 4.69) is 99.2 Å². The van der Waals surface area contributed by atoms with Crippen molar-refractivity contribution < 1.29 is 26.3 Å². The third-order valence-electron chi connectivity index (χ3n) is 11.9. The van der Waals surface area contributed by atoms with E-state index >= 15 is 0 Å². The number of nitrogens with zero attached hydrogens (tertiary/aromatic N) is 3. The number of para-hydroxylation sites is 2. The molecule has 0 saturated carbocycles. The van der Waals surface area contributed by atoms with Crippen molar-refractivity contribution in [2.45, 2.75) is 64.7 Å². The van der Waals surface area contributed by atoms with Gasteiger partial charge in [0.15, 0.2) is 0 Å². The first kappa shape index (κ1) is 40.6. The second-order valence-electron chi connectivity index (χ2n) is 18.0. The normalized spacial score (nSPS) is 12.8. The summed E-state index contributed by atoms with van der Waals surface area (Å²) in [6.45, 7) is 12.9. The van der Waals surface area contributed by atoms with Gasteiger partial charge < -0.3 is 9.13 Å². The third-order valence-corrected chi connectivity index (χ3v) is 11.9. The Hall–Kier alpha value is -6.79. The lowest BCUT2D eigenvalue weighted by molar-refractivity contribution is -0.142. The molecule has 2 aromatic heterocycles. The van der Waals surface area contributed by atoms with Gasteiger partial charge in [0, 0.05) is 32.7 Å². The van der Waals surface area contributed by atoms with Crippen LogP contribution in [-0.4, -0.2) is 9.13 Å². The molecule has 0 unspecified atom stereocenters. The van der Waals surface area contributed by atoms with Crippen molar-refractivity contribution in [2.75, 3.05) is 0 Å². The van der Waals surface area contributed by atoms with Gasteiger partial charge in [0.25, 0.3) is 0 Å². The fourth-order valence-corrected chi connectivity index (χ4v) is 8.74. The summed E-state index contributed by atoms with van der Waals surface area (Å²) in [7, 11) is 0. The number of aromatic nitrogens is 2. The van der Waals surface area contributed by atoms with E-state index in [1.54, 1.807) is 24.3 Å². The summed E-state index contributed by atoms with van der Waals surface area (Å²) in [4.78, 5) is 0. The standard InChI is InChI=1S/C53H41F6N3/c1-50(2,3)33-18-23-48-41(27-33)37-11-7-9-13-44(37)61(48)46-21-15-31(30-60)25-39(46)40-26-32(36-20-17-35(52(54,55)56)29-43(36)53(57,58)59)16-22-47(40)62-45-14-10-8-12-38(45)42-28-34(51(4,5)6)19-24-49(42)62/h7-29H,1-6H3. The van der Waals surface area contributed by atoms with Crippen molar-refractivity contribution in [3.63, 3.8) is 0 Å². The summed E-state index contributed by atoms with van der Waals surface area (Å²) in [5.74, 6) is 0. The maximum Gasteiger partial charge on any atom is 0.417 e. The molecule has 62 heavy (non-hydrogen) atoms. The first-order chi connectivity index (χ1) is 29.2. The molecule has 9 heteroatoms. The molecule has 0 aliphatic heterocycles. The highest BCUT2D eigenvalue weighted by molar-refractivity contribution is 6.12. The fraction of sp³-hybridized carbons (Fsp3) is 0.189. The Morgan fingerprint density at radius 1 is 0.419 bits per heavy atom. The van der Waals surface area contributed by atoms with Crippen LogP contribution in [0.1, 0.15) is 69.4 Å². The number of fused-ring (bicyclic) bond motifs is 6. The molecular weight excluding hydrogens is 793 g/mol. The van der Waals surface area contributed by atoms with E-state index in [9.17, 15) is 31.6 Å². The van der Waals surface area contributed by atoms with Gasteiger partial charge in [0.1, 0.15) is 0 Å². The lowest BCUT2D eigenvalue weighted by Gasteiger charge is -2.22. The van der Waals surface area contributed by atoms with E-state index in [4.69, 9.17) is 0 Å². The van der Waals surface area contributed by atoms with E-state index in [0.29, 0.717) is 34.1 Å². The molecule has 3 nitrogen and oxygen atoms in total. The van der Waals surface area contributed by atoms with E-state index in [0.717, 1.165) is 60.8 Å². The molecule has 0 saturated heterocycles. The van der Waals surface area contributed by atoms with Gasteiger partial charge in [0.2, 0.25) is 0 Å². The minimum absolute atomic E-state index is 0.0611. The van der Waals surface area contributed by atoms with E-state index in [-0.39, 0.29) is 22.5 Å². The van der Waals surface area contributed by atoms with Crippen molar-refractivity contribution in [1.29, 1.82) is 5.26 Å². The minimum atomic E-state index is -5.10. The maximum atomic E-state index is 14.8. The molecule has 2 heterocycles. The highest BCUT2D eigenvalue weighted by atomic mass is 19.4. The molecular formula is C53H41F6N3. The number of hydrogen-bond donors (Lipinski definition) is 0. The number of halogens is 6. The van der Waals surface area contributed by atoms with Crippen LogP contribution in [0.5, 0.6) is 0 Å². The molecule has 0 atom stereocenters. The Morgan fingerprint density at radius 3 is 1.37 bits per heavy atom. The topological polar surface area (TPSA) is 33.6 Å². The molecule has 310 valence electrons. The van der Waals surface area contributed by atoms with Crippen LogP contribution in [-0.2, 0) is 23.2 Å². The molecule has 0 fully saturated rings. The van der Waals surface area contributed by atoms with Gasteiger partial charge in [-0.3, -0.25) is 0 Å². The van der Waals surface area contributed by atoms with Gasteiger partial charge in [-0.25, -0.2) is 0 Å². The van der Waals surface area contributed by atoms with Gasteiger partial charge in [-0.1, -0.05) is 102 Å².